The van der Waals surface area contributed by atoms with Gasteiger partial charge in [0.05, 0.1) is 26.3 Å². The first-order chi connectivity index (χ1) is 15.6. The lowest BCUT2D eigenvalue weighted by atomic mass is 10.2. The Kier molecular flexibility index (Phi) is 8.19. The number of rotatable bonds is 8. The van der Waals surface area contributed by atoms with E-state index in [0.29, 0.717) is 22.7 Å². The van der Waals surface area contributed by atoms with Crippen LogP contribution in [0.4, 0.5) is 32.3 Å². The Labute approximate surface area is 186 Å². The predicted molar refractivity (Wildman–Crippen MR) is 126 cm³/mol. The maximum atomic E-state index is 12.8. The Morgan fingerprint density at radius 3 is 1.41 bits per heavy atom. The van der Waals surface area contributed by atoms with E-state index in [4.69, 9.17) is 0 Å². The molecule has 8 nitrogen and oxygen atoms in total. The maximum Gasteiger partial charge on any atom is 0.326 e. The molecule has 0 unspecified atom stereocenters. The highest BCUT2D eigenvalue weighted by Crippen LogP contribution is 2.20. The van der Waals surface area contributed by atoms with Crippen LogP contribution < -0.4 is 20.4 Å². The molecule has 0 aliphatic rings. The molecule has 3 rings (SSSR count). The summed E-state index contributed by atoms with van der Waals surface area (Å²) in [6.45, 7) is -0.0872. The second kappa shape index (κ2) is 11.5. The summed E-state index contributed by atoms with van der Waals surface area (Å²) in [5.41, 5.74) is 2.29. The van der Waals surface area contributed by atoms with Crippen LogP contribution in [0, 0.1) is 0 Å². The summed E-state index contributed by atoms with van der Waals surface area (Å²) in [4.78, 5) is 28.5. The molecule has 3 aromatic rings. The summed E-state index contributed by atoms with van der Waals surface area (Å²) in [5, 5.41) is 24.3. The van der Waals surface area contributed by atoms with Crippen LogP contribution in [0.5, 0.6) is 0 Å². The summed E-state index contributed by atoms with van der Waals surface area (Å²) in [6.07, 6.45) is 0. The number of hydrogen-bond donors (Lipinski definition) is 4. The van der Waals surface area contributed by atoms with Crippen molar-refractivity contribution in [3.63, 3.8) is 0 Å². The summed E-state index contributed by atoms with van der Waals surface area (Å²) in [6, 6.07) is 24.0. The molecule has 0 atom stereocenters. The fourth-order valence-corrected chi connectivity index (χ4v) is 3.17. The molecule has 0 aliphatic heterocycles. The van der Waals surface area contributed by atoms with Crippen LogP contribution >= 0.6 is 0 Å². The third-order valence-electron chi connectivity index (χ3n) is 4.64. The number of hydrogen-bond acceptors (Lipinski definition) is 4. The molecule has 0 heterocycles. The minimum absolute atomic E-state index is 0.138. The van der Waals surface area contributed by atoms with Gasteiger partial charge in [-0.3, -0.25) is 9.80 Å². The van der Waals surface area contributed by atoms with Crippen LogP contribution in [0.25, 0.3) is 0 Å². The van der Waals surface area contributed by atoms with Crippen molar-refractivity contribution in [2.75, 3.05) is 46.7 Å². The predicted octanol–water partition coefficient (Wildman–Crippen LogP) is 3.75. The molecule has 0 aromatic heterocycles. The molecule has 0 spiro atoms. The van der Waals surface area contributed by atoms with Gasteiger partial charge in [0.15, 0.2) is 0 Å². The summed E-state index contributed by atoms with van der Waals surface area (Å²) in [7, 11) is 0. The minimum atomic E-state index is -0.403. The summed E-state index contributed by atoms with van der Waals surface area (Å²) in [5.74, 6) is 0. The first-order valence-corrected chi connectivity index (χ1v) is 10.2. The monoisotopic (exact) mass is 434 g/mol. The molecular weight excluding hydrogens is 408 g/mol. The minimum Gasteiger partial charge on any atom is -0.395 e. The third kappa shape index (κ3) is 6.07. The summed E-state index contributed by atoms with van der Waals surface area (Å²) >= 11 is 0. The fraction of sp³-hybridized carbons (Fsp3) is 0.167. The van der Waals surface area contributed by atoms with E-state index in [1.165, 1.54) is 9.80 Å². The molecule has 32 heavy (non-hydrogen) atoms. The van der Waals surface area contributed by atoms with Crippen molar-refractivity contribution in [1.82, 2.24) is 0 Å². The number of urea groups is 2. The Bertz CT molecular complexity index is 936. The average molecular weight is 434 g/mol. The Morgan fingerprint density at radius 1 is 0.625 bits per heavy atom. The molecule has 0 fully saturated rings. The Hall–Kier alpha value is -3.88. The summed E-state index contributed by atoms with van der Waals surface area (Å²) < 4.78 is 0. The van der Waals surface area contributed by atoms with E-state index in [2.05, 4.69) is 10.6 Å². The van der Waals surface area contributed by atoms with Gasteiger partial charge in [-0.25, -0.2) is 9.59 Å². The molecule has 4 amide bonds. The van der Waals surface area contributed by atoms with E-state index >= 15 is 0 Å². The molecule has 8 heteroatoms. The third-order valence-corrected chi connectivity index (χ3v) is 4.64. The molecule has 0 bridgehead atoms. The topological polar surface area (TPSA) is 105 Å². The zero-order valence-corrected chi connectivity index (χ0v) is 17.5. The average Bonchev–Trinajstić information content (AvgIpc) is 2.82. The number of nitrogens with zero attached hydrogens (tertiary/aromatic N) is 2. The molecule has 0 aliphatic carbocycles. The highest BCUT2D eigenvalue weighted by molar-refractivity contribution is 6.04. The Morgan fingerprint density at radius 2 is 1.03 bits per heavy atom. The number of carbonyl (C=O) groups excluding carboxylic acids is 2. The molecule has 166 valence electrons. The van der Waals surface area contributed by atoms with Crippen LogP contribution in [-0.2, 0) is 0 Å². The highest BCUT2D eigenvalue weighted by atomic mass is 16.3. The van der Waals surface area contributed by atoms with Gasteiger partial charge < -0.3 is 20.8 Å². The number of amides is 4. The van der Waals surface area contributed by atoms with Crippen LogP contribution in [0.2, 0.25) is 0 Å². The highest BCUT2D eigenvalue weighted by Gasteiger charge is 2.17. The van der Waals surface area contributed by atoms with Crippen LogP contribution in [0.15, 0.2) is 84.9 Å². The number of aliphatic hydroxyl groups excluding tert-OH is 2. The lowest BCUT2D eigenvalue weighted by molar-refractivity contribution is 0.251. The zero-order valence-electron chi connectivity index (χ0n) is 17.5. The van der Waals surface area contributed by atoms with Crippen LogP contribution in [0.1, 0.15) is 0 Å². The van der Waals surface area contributed by atoms with Crippen molar-refractivity contribution >= 4 is 34.8 Å². The quantitative estimate of drug-likeness (QED) is 0.433. The van der Waals surface area contributed by atoms with E-state index in [1.54, 1.807) is 48.5 Å². The van der Waals surface area contributed by atoms with Crippen molar-refractivity contribution < 1.29 is 19.8 Å². The molecule has 0 saturated heterocycles. The van der Waals surface area contributed by atoms with Gasteiger partial charge in [0.1, 0.15) is 0 Å². The smallest absolute Gasteiger partial charge is 0.326 e. The second-order valence-corrected chi connectivity index (χ2v) is 6.86. The molecule has 3 aromatic carbocycles. The number of benzene rings is 3. The first-order valence-electron chi connectivity index (χ1n) is 10.2. The van der Waals surface area contributed by atoms with E-state index in [9.17, 15) is 19.8 Å². The maximum absolute atomic E-state index is 12.8. The van der Waals surface area contributed by atoms with Crippen LogP contribution in [-0.4, -0.2) is 48.6 Å². The van der Waals surface area contributed by atoms with Gasteiger partial charge in [0.25, 0.3) is 0 Å². The van der Waals surface area contributed by atoms with Crippen molar-refractivity contribution in [2.45, 2.75) is 0 Å². The van der Waals surface area contributed by atoms with E-state index < -0.39 is 12.1 Å². The van der Waals surface area contributed by atoms with Gasteiger partial charge in [-0.05, 0) is 42.5 Å². The molecule has 0 radical (unpaired) electrons. The molecule has 0 saturated carbocycles. The molecular formula is C24H26N4O4. The lowest BCUT2D eigenvalue weighted by Crippen LogP contribution is -2.37. The number of aliphatic hydroxyl groups is 2. The zero-order chi connectivity index (χ0) is 22.8. The van der Waals surface area contributed by atoms with E-state index in [0.717, 1.165) is 0 Å². The molecule has 4 N–H and O–H groups in total. The van der Waals surface area contributed by atoms with Gasteiger partial charge in [0.2, 0.25) is 0 Å². The SMILES string of the molecule is O=C(Nc1cccc(NC(=O)N(CCO)c2ccccc2)c1)N(CCO)c1ccccc1. The number of nitrogens with one attached hydrogen (secondary N) is 2. The number of carbonyl (C=O) groups is 2. The van der Waals surface area contributed by atoms with Crippen molar-refractivity contribution in [3.05, 3.63) is 84.9 Å². The van der Waals surface area contributed by atoms with Crippen molar-refractivity contribution in [2.24, 2.45) is 0 Å². The van der Waals surface area contributed by atoms with Gasteiger partial charge in [-0.2, -0.15) is 0 Å². The van der Waals surface area contributed by atoms with Crippen molar-refractivity contribution in [1.29, 1.82) is 0 Å². The van der Waals surface area contributed by atoms with Crippen LogP contribution in [0.3, 0.4) is 0 Å². The lowest BCUT2D eigenvalue weighted by Gasteiger charge is -2.23. The van der Waals surface area contributed by atoms with Gasteiger partial charge in [0, 0.05) is 22.7 Å². The second-order valence-electron chi connectivity index (χ2n) is 6.86. The number of para-hydroxylation sites is 2. The first kappa shape index (κ1) is 22.8. The van der Waals surface area contributed by atoms with Gasteiger partial charge >= 0.3 is 12.1 Å². The van der Waals surface area contributed by atoms with Crippen molar-refractivity contribution in [3.8, 4) is 0 Å². The normalized spacial score (nSPS) is 10.3. The fourth-order valence-electron chi connectivity index (χ4n) is 3.17. The number of anilines is 4. The standard InChI is InChI=1S/C24H26N4O4/c29-16-14-27(21-10-3-1-4-11-21)23(31)25-19-8-7-9-20(18-19)26-24(32)28(15-17-30)22-12-5-2-6-13-22/h1-13,18,29-30H,14-17H2,(H,25,31)(H,26,32). The van der Waals surface area contributed by atoms with Gasteiger partial charge in [-0.1, -0.05) is 42.5 Å². The Balaban J connectivity index is 1.71. The van der Waals surface area contributed by atoms with Gasteiger partial charge in [-0.15, -0.1) is 0 Å². The van der Waals surface area contributed by atoms with E-state index in [-0.39, 0.29) is 26.3 Å². The van der Waals surface area contributed by atoms with E-state index in [1.807, 2.05) is 36.4 Å². The largest absolute Gasteiger partial charge is 0.395 e.